The van der Waals surface area contributed by atoms with Gasteiger partial charge in [-0.25, -0.2) is 4.79 Å². The summed E-state index contributed by atoms with van der Waals surface area (Å²) in [4.78, 5) is 16.7. The lowest BCUT2D eigenvalue weighted by molar-refractivity contribution is -0.137. The summed E-state index contributed by atoms with van der Waals surface area (Å²) < 4.78 is 4.99. The van der Waals surface area contributed by atoms with Crippen LogP contribution in [0.1, 0.15) is 43.2 Å². The van der Waals surface area contributed by atoms with Crippen molar-refractivity contribution in [1.29, 1.82) is 0 Å². The highest BCUT2D eigenvalue weighted by Crippen LogP contribution is 2.34. The maximum Gasteiger partial charge on any atom is 0.330 e. The summed E-state index contributed by atoms with van der Waals surface area (Å²) in [5, 5.41) is 1.04. The van der Waals surface area contributed by atoms with E-state index in [9.17, 15) is 4.79 Å². The first kappa shape index (κ1) is 27.6. The van der Waals surface area contributed by atoms with E-state index in [4.69, 9.17) is 15.5 Å². The Kier molecular flexibility index (Phi) is 10.9. The number of halogens is 2. The number of hydrogen-bond donors (Lipinski definition) is 1. The summed E-state index contributed by atoms with van der Waals surface area (Å²) in [6.07, 6.45) is 4.12. The number of aryl methyl sites for hydroxylation is 1. The zero-order valence-corrected chi connectivity index (χ0v) is 20.7. The molecule has 0 saturated heterocycles. The third-order valence-electron chi connectivity index (χ3n) is 5.04. The van der Waals surface area contributed by atoms with Crippen molar-refractivity contribution in [1.82, 2.24) is 4.98 Å². The number of rotatable bonds is 7. The number of esters is 1. The van der Waals surface area contributed by atoms with Crippen LogP contribution in [0.4, 0.5) is 0 Å². The van der Waals surface area contributed by atoms with Crippen LogP contribution in [-0.2, 0) is 22.5 Å². The van der Waals surface area contributed by atoms with Crippen molar-refractivity contribution in [3.63, 3.8) is 0 Å². The lowest BCUT2D eigenvalue weighted by atomic mass is 9.90. The minimum absolute atomic E-state index is 0. The van der Waals surface area contributed by atoms with E-state index in [-0.39, 0.29) is 30.8 Å². The van der Waals surface area contributed by atoms with Crippen molar-refractivity contribution in [3.05, 3.63) is 70.9 Å². The summed E-state index contributed by atoms with van der Waals surface area (Å²) in [6, 6.07) is 14.6. The van der Waals surface area contributed by atoms with Gasteiger partial charge in [-0.1, -0.05) is 49.7 Å². The van der Waals surface area contributed by atoms with Crippen LogP contribution in [-0.4, -0.2) is 17.6 Å². The smallest absolute Gasteiger partial charge is 0.330 e. The van der Waals surface area contributed by atoms with E-state index in [1.165, 1.54) is 11.6 Å². The van der Waals surface area contributed by atoms with Gasteiger partial charge in [-0.2, -0.15) is 0 Å². The number of carbonyl (C=O) groups is 1. The highest BCUT2D eigenvalue weighted by atomic mass is 35.5. The molecule has 6 heteroatoms. The summed E-state index contributed by atoms with van der Waals surface area (Å²) in [5.74, 6) is 0.141. The average molecular weight is 475 g/mol. The molecule has 1 aromatic heterocycles. The fourth-order valence-corrected chi connectivity index (χ4v) is 3.65. The molecule has 1 heterocycles. The second kappa shape index (κ2) is 12.6. The van der Waals surface area contributed by atoms with Gasteiger partial charge in [0.1, 0.15) is 0 Å². The largest absolute Gasteiger partial charge is 0.463 e. The monoisotopic (exact) mass is 474 g/mol. The van der Waals surface area contributed by atoms with Crippen LogP contribution in [0.2, 0.25) is 0 Å². The summed E-state index contributed by atoms with van der Waals surface area (Å²) in [6.45, 7) is 9.06. The molecule has 0 bridgehead atoms. The number of carbonyl (C=O) groups excluding carboxylic acids is 1. The van der Waals surface area contributed by atoms with Crippen molar-refractivity contribution >= 4 is 47.8 Å². The molecule has 0 atom stereocenters. The Morgan fingerprint density at radius 3 is 2.41 bits per heavy atom. The maximum atomic E-state index is 11.7. The van der Waals surface area contributed by atoms with Crippen LogP contribution in [0, 0.1) is 12.8 Å². The van der Waals surface area contributed by atoms with Gasteiger partial charge in [-0.15, -0.1) is 24.8 Å². The predicted octanol–water partition coefficient (Wildman–Crippen LogP) is 6.29. The van der Waals surface area contributed by atoms with Gasteiger partial charge >= 0.3 is 5.97 Å². The van der Waals surface area contributed by atoms with Gasteiger partial charge in [0.2, 0.25) is 0 Å². The van der Waals surface area contributed by atoms with Gasteiger partial charge in [-0.3, -0.25) is 4.98 Å². The topological polar surface area (TPSA) is 65.2 Å². The Labute approximate surface area is 203 Å². The van der Waals surface area contributed by atoms with Crippen molar-refractivity contribution in [2.45, 2.75) is 40.7 Å². The number of nitrogens with zero attached hydrogens (tertiary/aromatic N) is 1. The maximum absolute atomic E-state index is 11.7. The first-order valence-corrected chi connectivity index (χ1v) is 10.5. The molecular formula is C26H32Cl2N2O2. The van der Waals surface area contributed by atoms with Crippen LogP contribution >= 0.6 is 24.8 Å². The third-order valence-corrected chi connectivity index (χ3v) is 5.04. The minimum Gasteiger partial charge on any atom is -0.463 e. The Morgan fingerprint density at radius 2 is 1.81 bits per heavy atom. The highest BCUT2D eigenvalue weighted by Gasteiger charge is 2.17. The molecule has 0 spiro atoms. The van der Waals surface area contributed by atoms with Gasteiger partial charge in [-0.05, 0) is 66.6 Å². The number of aromatic nitrogens is 1. The molecule has 0 radical (unpaired) electrons. The summed E-state index contributed by atoms with van der Waals surface area (Å²) in [7, 11) is 0. The highest BCUT2D eigenvalue weighted by molar-refractivity contribution is 5.98. The number of nitrogens with two attached hydrogens (primary N) is 1. The van der Waals surface area contributed by atoms with Gasteiger partial charge in [0, 0.05) is 23.7 Å². The fourth-order valence-electron chi connectivity index (χ4n) is 3.65. The predicted molar refractivity (Wildman–Crippen MR) is 139 cm³/mol. The third kappa shape index (κ3) is 6.55. The molecule has 0 aliphatic heterocycles. The lowest BCUT2D eigenvalue weighted by Gasteiger charge is -2.18. The van der Waals surface area contributed by atoms with E-state index < -0.39 is 0 Å². The first-order chi connectivity index (χ1) is 14.4. The second-order valence-corrected chi connectivity index (χ2v) is 7.94. The number of fused-ring (bicyclic) bond motifs is 1. The summed E-state index contributed by atoms with van der Waals surface area (Å²) >= 11 is 0. The Hall–Kier alpha value is -2.40. The Balaban J connectivity index is 0.00000256. The normalized spacial score (nSPS) is 10.8. The molecular weight excluding hydrogens is 443 g/mol. The van der Waals surface area contributed by atoms with Crippen molar-refractivity contribution < 1.29 is 9.53 Å². The van der Waals surface area contributed by atoms with Gasteiger partial charge in [0.25, 0.3) is 0 Å². The first-order valence-electron chi connectivity index (χ1n) is 10.5. The second-order valence-electron chi connectivity index (χ2n) is 7.94. The van der Waals surface area contributed by atoms with Gasteiger partial charge in [0.15, 0.2) is 0 Å². The van der Waals surface area contributed by atoms with Gasteiger partial charge < -0.3 is 10.5 Å². The van der Waals surface area contributed by atoms with E-state index >= 15 is 0 Å². The van der Waals surface area contributed by atoms with Crippen LogP contribution < -0.4 is 5.73 Å². The SMILES string of the molecule is CCOC(=O)/C=C/c1ccc2nc(CC(C)C)c(CN)c(-c3ccc(C)cc3)c2c1.Cl.Cl. The molecule has 0 unspecified atom stereocenters. The van der Waals surface area contributed by atoms with Crippen molar-refractivity contribution in [2.24, 2.45) is 11.7 Å². The lowest BCUT2D eigenvalue weighted by Crippen LogP contribution is -2.10. The standard InChI is InChI=1S/C26H30N2O2.2ClH/c1-5-30-25(29)13-9-19-8-12-23-21(15-19)26(20-10-6-18(4)7-11-20)22(16-27)24(28-23)14-17(2)3;;/h6-13,15,17H,5,14,16,27H2,1-4H3;2*1H/b13-9+;;. The van der Waals surface area contributed by atoms with E-state index in [1.54, 1.807) is 13.0 Å². The number of benzene rings is 2. The Bertz CT molecular complexity index is 1080. The zero-order chi connectivity index (χ0) is 21.7. The van der Waals surface area contributed by atoms with E-state index in [1.807, 2.05) is 12.1 Å². The van der Waals surface area contributed by atoms with E-state index in [2.05, 4.69) is 51.1 Å². The molecule has 0 aliphatic rings. The molecule has 2 N–H and O–H groups in total. The van der Waals surface area contributed by atoms with E-state index in [0.29, 0.717) is 19.1 Å². The van der Waals surface area contributed by atoms with Crippen LogP contribution in [0.5, 0.6) is 0 Å². The quantitative estimate of drug-likeness (QED) is 0.322. The molecule has 3 aromatic rings. The average Bonchev–Trinajstić information content (AvgIpc) is 2.72. The molecule has 4 nitrogen and oxygen atoms in total. The molecule has 0 saturated carbocycles. The van der Waals surface area contributed by atoms with E-state index in [0.717, 1.165) is 45.3 Å². The number of ether oxygens (including phenoxy) is 1. The Morgan fingerprint density at radius 1 is 1.12 bits per heavy atom. The molecule has 172 valence electrons. The van der Waals surface area contributed by atoms with Crippen LogP contribution in [0.15, 0.2) is 48.5 Å². The van der Waals surface area contributed by atoms with Crippen LogP contribution in [0.25, 0.3) is 28.1 Å². The molecule has 0 fully saturated rings. The molecule has 32 heavy (non-hydrogen) atoms. The minimum atomic E-state index is -0.343. The fraction of sp³-hybridized carbons (Fsp3) is 0.308. The zero-order valence-electron chi connectivity index (χ0n) is 19.1. The molecule has 2 aromatic carbocycles. The number of hydrogen-bond acceptors (Lipinski definition) is 4. The molecule has 0 aliphatic carbocycles. The van der Waals surface area contributed by atoms with Crippen LogP contribution in [0.3, 0.4) is 0 Å². The molecule has 0 amide bonds. The summed E-state index contributed by atoms with van der Waals surface area (Å²) in [5.41, 5.74) is 13.7. The van der Waals surface area contributed by atoms with Gasteiger partial charge in [0.05, 0.1) is 12.1 Å². The van der Waals surface area contributed by atoms with Crippen molar-refractivity contribution in [3.8, 4) is 11.1 Å². The van der Waals surface area contributed by atoms with Crippen molar-refractivity contribution in [2.75, 3.05) is 6.61 Å². The molecule has 3 rings (SSSR count). The number of pyridine rings is 1.